The monoisotopic (exact) mass is 236 g/mol. The molecular weight excluding hydrogens is 216 g/mol. The molecule has 0 atom stereocenters. The van der Waals surface area contributed by atoms with Gasteiger partial charge in [-0.05, 0) is 36.3 Å². The summed E-state index contributed by atoms with van der Waals surface area (Å²) < 4.78 is 0. The Bertz CT molecular complexity index is 501. The van der Waals surface area contributed by atoms with Crippen molar-refractivity contribution < 1.29 is 0 Å². The molecule has 0 heterocycles. The molecule has 0 aromatic heterocycles. The maximum atomic E-state index is 3.04. The Kier molecular flexibility index (Phi) is 6.32. The molecule has 0 aliphatic heterocycles. The van der Waals surface area contributed by atoms with Crippen LogP contribution in [0.3, 0.4) is 0 Å². The lowest BCUT2D eigenvalue weighted by atomic mass is 10.1. The van der Waals surface area contributed by atoms with Gasteiger partial charge >= 0.3 is 0 Å². The minimum atomic E-state index is 1.18. The van der Waals surface area contributed by atoms with Crippen LogP contribution in [0.15, 0.2) is 72.0 Å². The van der Waals surface area contributed by atoms with Gasteiger partial charge in [-0.2, -0.15) is 0 Å². The molecule has 2 rings (SSSR count). The van der Waals surface area contributed by atoms with Crippen LogP contribution in [0.2, 0.25) is 0 Å². The van der Waals surface area contributed by atoms with Crippen LogP contribution in [0.1, 0.15) is 25.0 Å². The molecule has 92 valence electrons. The first-order valence-corrected chi connectivity index (χ1v) is 6.39. The molecule has 1 aliphatic carbocycles. The molecule has 0 radical (unpaired) electrons. The molecular formula is C18H20. The molecule has 0 amide bonds. The Morgan fingerprint density at radius 3 is 2.39 bits per heavy atom. The Morgan fingerprint density at radius 2 is 1.67 bits per heavy atom. The highest BCUT2D eigenvalue weighted by molar-refractivity contribution is 5.55. The molecule has 0 bridgehead atoms. The summed E-state index contributed by atoms with van der Waals surface area (Å²) >= 11 is 0. The summed E-state index contributed by atoms with van der Waals surface area (Å²) in [4.78, 5) is 0. The zero-order valence-electron chi connectivity index (χ0n) is 11.4. The molecule has 0 spiro atoms. The van der Waals surface area contributed by atoms with Crippen molar-refractivity contribution in [3.8, 4) is 0 Å². The predicted octanol–water partition coefficient (Wildman–Crippen LogP) is 5.24. The van der Waals surface area contributed by atoms with Gasteiger partial charge in [-0.15, -0.1) is 5.73 Å². The predicted molar refractivity (Wildman–Crippen MR) is 81.4 cm³/mol. The highest BCUT2D eigenvalue weighted by atomic mass is 13.9. The van der Waals surface area contributed by atoms with E-state index in [1.165, 1.54) is 16.7 Å². The van der Waals surface area contributed by atoms with Gasteiger partial charge in [0.2, 0.25) is 0 Å². The molecule has 18 heavy (non-hydrogen) atoms. The molecule has 0 nitrogen and oxygen atoms in total. The molecule has 0 saturated heterocycles. The zero-order chi connectivity index (χ0) is 13.2. The number of hydrogen-bond donors (Lipinski definition) is 0. The fraction of sp³-hybridized carbons (Fsp3) is 0.167. The quantitative estimate of drug-likeness (QED) is 0.616. The molecule has 0 N–H and O–H groups in total. The largest absolute Gasteiger partial charge is 0.121 e. The van der Waals surface area contributed by atoms with Crippen molar-refractivity contribution in [3.05, 3.63) is 83.2 Å². The van der Waals surface area contributed by atoms with E-state index in [0.29, 0.717) is 0 Å². The summed E-state index contributed by atoms with van der Waals surface area (Å²) in [6.07, 6.45) is 14.2. The fourth-order valence-electron chi connectivity index (χ4n) is 1.45. The summed E-state index contributed by atoms with van der Waals surface area (Å²) in [6.45, 7) is 6.10. The minimum Gasteiger partial charge on any atom is -0.121 e. The van der Waals surface area contributed by atoms with Crippen molar-refractivity contribution in [2.45, 2.75) is 20.8 Å². The van der Waals surface area contributed by atoms with Crippen LogP contribution < -0.4 is 0 Å². The smallest absolute Gasteiger partial charge is 0.0194 e. The lowest BCUT2D eigenvalue weighted by Crippen LogP contribution is -1.74. The van der Waals surface area contributed by atoms with Crippen LogP contribution in [0.4, 0.5) is 0 Å². The molecule has 1 aromatic rings. The Morgan fingerprint density at radius 1 is 0.944 bits per heavy atom. The minimum absolute atomic E-state index is 1.18. The highest BCUT2D eigenvalue weighted by Crippen LogP contribution is 2.09. The standard InChI is InChI=1S/C16H14.C2H6/c1-14-8-10-16(11-9-14)13-12-15-6-4-2-3-5-7-15;1-2/h2,4-13H,1H3;1-2H3/b13-12+;. The summed E-state index contributed by atoms with van der Waals surface area (Å²) in [5, 5.41) is 0. The summed E-state index contributed by atoms with van der Waals surface area (Å²) in [6, 6.07) is 8.50. The van der Waals surface area contributed by atoms with Gasteiger partial charge in [0.15, 0.2) is 0 Å². The van der Waals surface area contributed by atoms with E-state index in [9.17, 15) is 0 Å². The van der Waals surface area contributed by atoms with Crippen molar-refractivity contribution in [3.63, 3.8) is 0 Å². The average Bonchev–Trinajstić information content (AvgIpc) is 2.69. The third kappa shape index (κ3) is 4.86. The van der Waals surface area contributed by atoms with Gasteiger partial charge in [-0.1, -0.05) is 68.0 Å². The van der Waals surface area contributed by atoms with Crippen molar-refractivity contribution >= 4 is 6.08 Å². The summed E-state index contributed by atoms with van der Waals surface area (Å²) in [7, 11) is 0. The van der Waals surface area contributed by atoms with Gasteiger partial charge in [0.1, 0.15) is 0 Å². The maximum absolute atomic E-state index is 3.04. The first-order valence-electron chi connectivity index (χ1n) is 6.39. The Balaban J connectivity index is 0.000000771. The van der Waals surface area contributed by atoms with Crippen molar-refractivity contribution in [2.24, 2.45) is 0 Å². The molecule has 0 saturated carbocycles. The van der Waals surface area contributed by atoms with Crippen LogP contribution in [0.25, 0.3) is 6.08 Å². The van der Waals surface area contributed by atoms with Crippen LogP contribution in [-0.2, 0) is 0 Å². The van der Waals surface area contributed by atoms with E-state index in [1.807, 2.05) is 38.2 Å². The first-order chi connectivity index (χ1) is 8.84. The number of hydrogen-bond acceptors (Lipinski definition) is 0. The first kappa shape index (κ1) is 14.0. The molecule has 1 aliphatic rings. The lowest BCUT2D eigenvalue weighted by molar-refractivity contribution is 1.46. The van der Waals surface area contributed by atoms with Gasteiger partial charge < -0.3 is 0 Å². The van der Waals surface area contributed by atoms with E-state index in [-0.39, 0.29) is 0 Å². The second kappa shape index (κ2) is 8.11. The van der Waals surface area contributed by atoms with E-state index < -0.39 is 0 Å². The highest BCUT2D eigenvalue weighted by Gasteiger charge is 1.88. The van der Waals surface area contributed by atoms with Crippen molar-refractivity contribution in [2.75, 3.05) is 0 Å². The second-order valence-electron chi connectivity index (χ2n) is 3.77. The van der Waals surface area contributed by atoms with Gasteiger partial charge in [-0.3, -0.25) is 0 Å². The van der Waals surface area contributed by atoms with Crippen LogP contribution >= 0.6 is 0 Å². The van der Waals surface area contributed by atoms with E-state index in [2.05, 4.69) is 55.1 Å². The van der Waals surface area contributed by atoms with Crippen molar-refractivity contribution in [1.82, 2.24) is 0 Å². The normalized spacial score (nSPS) is 12.9. The Hall–Kier alpha value is -2.04. The summed E-state index contributed by atoms with van der Waals surface area (Å²) in [5.74, 6) is 0. The molecule has 0 unspecified atom stereocenters. The van der Waals surface area contributed by atoms with Gasteiger partial charge in [0.05, 0.1) is 0 Å². The Labute approximate surface area is 110 Å². The van der Waals surface area contributed by atoms with Gasteiger partial charge in [0, 0.05) is 0 Å². The third-order valence-corrected chi connectivity index (χ3v) is 2.40. The molecule has 0 fully saturated rings. The zero-order valence-corrected chi connectivity index (χ0v) is 11.4. The van der Waals surface area contributed by atoms with E-state index >= 15 is 0 Å². The molecule has 0 heteroatoms. The average molecular weight is 236 g/mol. The number of benzene rings is 1. The topological polar surface area (TPSA) is 0 Å². The van der Waals surface area contributed by atoms with E-state index in [1.54, 1.807) is 0 Å². The van der Waals surface area contributed by atoms with Gasteiger partial charge in [0.25, 0.3) is 0 Å². The number of aryl methyl sites for hydroxylation is 1. The fourth-order valence-corrected chi connectivity index (χ4v) is 1.45. The van der Waals surface area contributed by atoms with Gasteiger partial charge in [-0.25, -0.2) is 0 Å². The van der Waals surface area contributed by atoms with E-state index in [4.69, 9.17) is 0 Å². The van der Waals surface area contributed by atoms with Crippen LogP contribution in [-0.4, -0.2) is 0 Å². The van der Waals surface area contributed by atoms with E-state index in [0.717, 1.165) is 0 Å². The second-order valence-corrected chi connectivity index (χ2v) is 3.77. The lowest BCUT2D eigenvalue weighted by Gasteiger charge is -1.95. The number of allylic oxidation sites excluding steroid dienone is 6. The maximum Gasteiger partial charge on any atom is -0.0194 e. The SMILES string of the molecule is CC.Cc1ccc(/C=C/C2=CC=C=CC=C2)cc1. The summed E-state index contributed by atoms with van der Waals surface area (Å²) in [5.41, 5.74) is 6.73. The van der Waals surface area contributed by atoms with Crippen molar-refractivity contribution in [1.29, 1.82) is 0 Å². The molecule has 1 aromatic carbocycles. The number of rotatable bonds is 2. The van der Waals surface area contributed by atoms with Crippen LogP contribution in [0.5, 0.6) is 0 Å². The van der Waals surface area contributed by atoms with Crippen LogP contribution in [0, 0.1) is 6.92 Å². The third-order valence-electron chi connectivity index (χ3n) is 2.40.